The van der Waals surface area contributed by atoms with Gasteiger partial charge >= 0.3 is 0 Å². The van der Waals surface area contributed by atoms with Gasteiger partial charge in [-0.3, -0.25) is 9.69 Å². The summed E-state index contributed by atoms with van der Waals surface area (Å²) in [6, 6.07) is 1.06. The molecule has 0 spiro atoms. The maximum atomic E-state index is 11.4. The molecular formula is C14H23N5O. The number of piperidine rings is 1. The number of hydrogen-bond donors (Lipinski definition) is 2. The van der Waals surface area contributed by atoms with Crippen molar-refractivity contribution in [3.8, 4) is 0 Å². The summed E-state index contributed by atoms with van der Waals surface area (Å²) in [5.41, 5.74) is 6.62. The largest absolute Gasteiger partial charge is 0.369 e. The quantitative estimate of drug-likeness (QED) is 0.782. The van der Waals surface area contributed by atoms with Crippen LogP contribution in [0.25, 0.3) is 0 Å². The van der Waals surface area contributed by atoms with Crippen molar-refractivity contribution in [3.05, 3.63) is 18.2 Å². The van der Waals surface area contributed by atoms with E-state index >= 15 is 0 Å². The highest BCUT2D eigenvalue weighted by atomic mass is 16.1. The van der Waals surface area contributed by atoms with Gasteiger partial charge in [-0.2, -0.15) is 0 Å². The van der Waals surface area contributed by atoms with Crippen LogP contribution >= 0.6 is 0 Å². The molecule has 6 nitrogen and oxygen atoms in total. The van der Waals surface area contributed by atoms with Crippen molar-refractivity contribution in [2.45, 2.75) is 44.3 Å². The molecule has 2 aliphatic rings. The van der Waals surface area contributed by atoms with E-state index in [2.05, 4.69) is 19.8 Å². The second-order valence-electron chi connectivity index (χ2n) is 5.88. The first kappa shape index (κ1) is 13.6. The summed E-state index contributed by atoms with van der Waals surface area (Å²) in [5.74, 6) is -0.249. The van der Waals surface area contributed by atoms with Crippen molar-refractivity contribution < 1.29 is 4.79 Å². The van der Waals surface area contributed by atoms with E-state index in [4.69, 9.17) is 5.73 Å². The zero-order chi connectivity index (χ0) is 13.9. The van der Waals surface area contributed by atoms with E-state index < -0.39 is 0 Å². The Morgan fingerprint density at radius 1 is 1.40 bits per heavy atom. The second-order valence-corrected chi connectivity index (χ2v) is 5.88. The van der Waals surface area contributed by atoms with Crippen molar-refractivity contribution in [2.75, 3.05) is 19.6 Å². The SMILES string of the molecule is NC(=O)CN(Cc1cncn1C1CC1)C1CCNCC1. The van der Waals surface area contributed by atoms with Crippen LogP contribution in [-0.2, 0) is 11.3 Å². The number of hydrogen-bond acceptors (Lipinski definition) is 4. The van der Waals surface area contributed by atoms with Gasteiger partial charge in [0.2, 0.25) is 5.91 Å². The van der Waals surface area contributed by atoms with Crippen molar-refractivity contribution in [1.29, 1.82) is 0 Å². The van der Waals surface area contributed by atoms with Gasteiger partial charge in [-0.25, -0.2) is 4.98 Å². The van der Waals surface area contributed by atoms with Crippen LogP contribution in [0.15, 0.2) is 12.5 Å². The van der Waals surface area contributed by atoms with Gasteiger partial charge in [-0.1, -0.05) is 0 Å². The Hall–Kier alpha value is -1.40. The average Bonchev–Trinajstić information content (AvgIpc) is 3.19. The van der Waals surface area contributed by atoms with Crippen LogP contribution in [0, 0.1) is 0 Å². The van der Waals surface area contributed by atoms with Gasteiger partial charge in [0, 0.05) is 24.8 Å². The van der Waals surface area contributed by atoms with Crippen molar-refractivity contribution in [3.63, 3.8) is 0 Å². The second kappa shape index (κ2) is 5.93. The lowest BCUT2D eigenvalue weighted by Crippen LogP contribution is -2.46. The Labute approximate surface area is 119 Å². The van der Waals surface area contributed by atoms with Crippen LogP contribution in [0.1, 0.15) is 37.4 Å². The molecule has 2 fully saturated rings. The highest BCUT2D eigenvalue weighted by Gasteiger charge is 2.28. The van der Waals surface area contributed by atoms with Crippen molar-refractivity contribution >= 4 is 5.91 Å². The minimum absolute atomic E-state index is 0.249. The number of nitrogens with zero attached hydrogens (tertiary/aromatic N) is 3. The molecule has 0 bridgehead atoms. The molecule has 20 heavy (non-hydrogen) atoms. The van der Waals surface area contributed by atoms with Gasteiger partial charge in [0.25, 0.3) is 0 Å². The summed E-state index contributed by atoms with van der Waals surface area (Å²) in [7, 11) is 0. The molecule has 1 aromatic rings. The highest BCUT2D eigenvalue weighted by molar-refractivity contribution is 5.75. The molecule has 3 rings (SSSR count). The highest BCUT2D eigenvalue weighted by Crippen LogP contribution is 2.36. The fourth-order valence-electron chi connectivity index (χ4n) is 3.03. The maximum Gasteiger partial charge on any atom is 0.231 e. The Morgan fingerprint density at radius 3 is 2.80 bits per heavy atom. The number of rotatable bonds is 6. The van der Waals surface area contributed by atoms with Gasteiger partial charge in [0.1, 0.15) is 0 Å². The molecule has 0 aromatic carbocycles. The van der Waals surface area contributed by atoms with Gasteiger partial charge in [-0.15, -0.1) is 0 Å². The number of imidazole rings is 1. The lowest BCUT2D eigenvalue weighted by atomic mass is 10.0. The van der Waals surface area contributed by atoms with E-state index in [1.807, 2.05) is 12.5 Å². The zero-order valence-corrected chi connectivity index (χ0v) is 11.8. The molecular weight excluding hydrogens is 254 g/mol. The third-order valence-corrected chi connectivity index (χ3v) is 4.24. The summed E-state index contributed by atoms with van der Waals surface area (Å²) < 4.78 is 2.26. The molecule has 2 heterocycles. The Balaban J connectivity index is 1.71. The topological polar surface area (TPSA) is 76.2 Å². The number of nitrogens with one attached hydrogen (secondary N) is 1. The fourth-order valence-corrected chi connectivity index (χ4v) is 3.03. The van der Waals surface area contributed by atoms with Crippen LogP contribution in [-0.4, -0.2) is 46.0 Å². The predicted octanol–water partition coefficient (Wildman–Crippen LogP) is 0.257. The summed E-state index contributed by atoms with van der Waals surface area (Å²) in [6.45, 7) is 3.13. The first-order valence-corrected chi connectivity index (χ1v) is 7.48. The Morgan fingerprint density at radius 2 is 2.15 bits per heavy atom. The van der Waals surface area contributed by atoms with Crippen LogP contribution in [0.3, 0.4) is 0 Å². The third kappa shape index (κ3) is 3.19. The molecule has 1 saturated carbocycles. The van der Waals surface area contributed by atoms with E-state index in [0.29, 0.717) is 18.6 Å². The fraction of sp³-hybridized carbons (Fsp3) is 0.714. The van der Waals surface area contributed by atoms with Crippen molar-refractivity contribution in [2.24, 2.45) is 5.73 Å². The van der Waals surface area contributed by atoms with Gasteiger partial charge in [-0.05, 0) is 38.8 Å². The molecule has 1 amide bonds. The van der Waals surface area contributed by atoms with E-state index in [9.17, 15) is 4.79 Å². The van der Waals surface area contributed by atoms with Crippen LogP contribution in [0.4, 0.5) is 0 Å². The molecule has 0 atom stereocenters. The zero-order valence-electron chi connectivity index (χ0n) is 11.8. The van der Waals surface area contributed by atoms with Crippen molar-refractivity contribution in [1.82, 2.24) is 19.8 Å². The Bertz CT molecular complexity index is 462. The third-order valence-electron chi connectivity index (χ3n) is 4.24. The lowest BCUT2D eigenvalue weighted by Gasteiger charge is -2.33. The standard InChI is InChI=1S/C14H23N5O/c15-14(20)9-18(11-3-5-16-6-4-11)8-13-7-17-10-19(13)12-1-2-12/h7,10-12,16H,1-6,8-9H2,(H2,15,20). The maximum absolute atomic E-state index is 11.4. The van der Waals surface area contributed by atoms with E-state index in [1.165, 1.54) is 18.5 Å². The molecule has 0 radical (unpaired) electrons. The average molecular weight is 277 g/mol. The summed E-state index contributed by atoms with van der Waals surface area (Å²) in [6.07, 6.45) is 8.47. The van der Waals surface area contributed by atoms with Gasteiger partial charge in [0.05, 0.1) is 18.6 Å². The van der Waals surface area contributed by atoms with Gasteiger partial charge in [0.15, 0.2) is 0 Å². The van der Waals surface area contributed by atoms with Crippen LogP contribution in [0.5, 0.6) is 0 Å². The molecule has 1 saturated heterocycles. The first-order chi connectivity index (χ1) is 9.74. The van der Waals surface area contributed by atoms with E-state index in [-0.39, 0.29) is 5.91 Å². The minimum atomic E-state index is -0.249. The van der Waals surface area contributed by atoms with Crippen LogP contribution < -0.4 is 11.1 Å². The Kier molecular flexibility index (Phi) is 4.03. The number of amides is 1. The van der Waals surface area contributed by atoms with E-state index in [0.717, 1.165) is 32.5 Å². The smallest absolute Gasteiger partial charge is 0.231 e. The number of aromatic nitrogens is 2. The molecule has 1 aliphatic carbocycles. The molecule has 3 N–H and O–H groups in total. The lowest BCUT2D eigenvalue weighted by molar-refractivity contribution is -0.120. The van der Waals surface area contributed by atoms with Crippen LogP contribution in [0.2, 0.25) is 0 Å². The molecule has 6 heteroatoms. The predicted molar refractivity (Wildman–Crippen MR) is 76.0 cm³/mol. The molecule has 1 aliphatic heterocycles. The number of carbonyl (C=O) groups excluding carboxylic acids is 1. The molecule has 1 aromatic heterocycles. The summed E-state index contributed by atoms with van der Waals surface area (Å²) in [5, 5.41) is 3.36. The molecule has 0 unspecified atom stereocenters. The summed E-state index contributed by atoms with van der Waals surface area (Å²) in [4.78, 5) is 17.8. The normalized spacial score (nSPS) is 20.4. The van der Waals surface area contributed by atoms with E-state index in [1.54, 1.807) is 0 Å². The van der Waals surface area contributed by atoms with Gasteiger partial charge < -0.3 is 15.6 Å². The minimum Gasteiger partial charge on any atom is -0.369 e. The first-order valence-electron chi connectivity index (χ1n) is 7.48. The monoisotopic (exact) mass is 277 g/mol. The summed E-state index contributed by atoms with van der Waals surface area (Å²) >= 11 is 0. The number of carbonyl (C=O) groups is 1. The number of primary amides is 1. The molecule has 110 valence electrons. The number of nitrogens with two attached hydrogens (primary N) is 1.